The van der Waals surface area contributed by atoms with Gasteiger partial charge in [-0.05, 0) is 30.2 Å². The molecule has 1 heterocycles. The molecule has 0 spiro atoms. The van der Waals surface area contributed by atoms with E-state index in [-0.39, 0.29) is 12.1 Å². The van der Waals surface area contributed by atoms with Gasteiger partial charge in [-0.1, -0.05) is 56.5 Å². The van der Waals surface area contributed by atoms with Crippen molar-refractivity contribution in [2.75, 3.05) is 6.61 Å². The lowest BCUT2D eigenvalue weighted by molar-refractivity contribution is 0.0456. The van der Waals surface area contributed by atoms with E-state index in [4.69, 9.17) is 9.47 Å². The monoisotopic (exact) mass is 310 g/mol. The molecule has 2 aromatic rings. The van der Waals surface area contributed by atoms with E-state index in [1.807, 2.05) is 48.5 Å². The first-order valence-electron chi connectivity index (χ1n) is 8.32. The topological polar surface area (TPSA) is 35.5 Å². The summed E-state index contributed by atoms with van der Waals surface area (Å²) in [5.41, 5.74) is 2.57. The van der Waals surface area contributed by atoms with E-state index in [1.54, 1.807) is 0 Å². The fourth-order valence-electron chi connectivity index (χ4n) is 2.85. The standard InChI is InChI=1S/C20H22O3/c1-2-3-4-7-14-22-16-12-10-15(11-13-16)19-17-8-5-6-9-18(17)20(21)23-19/h5-6,8-13,19H,2-4,7,14H2,1H3. The Morgan fingerprint density at radius 2 is 1.78 bits per heavy atom. The Balaban J connectivity index is 1.63. The minimum atomic E-state index is -0.308. The Morgan fingerprint density at radius 1 is 1.00 bits per heavy atom. The molecule has 23 heavy (non-hydrogen) atoms. The molecule has 1 aliphatic rings. The molecular weight excluding hydrogens is 288 g/mol. The number of rotatable bonds is 7. The summed E-state index contributed by atoms with van der Waals surface area (Å²) in [4.78, 5) is 11.9. The first-order valence-corrected chi connectivity index (χ1v) is 8.32. The van der Waals surface area contributed by atoms with E-state index in [2.05, 4.69) is 6.92 Å². The van der Waals surface area contributed by atoms with Gasteiger partial charge in [0.05, 0.1) is 12.2 Å². The van der Waals surface area contributed by atoms with Crippen molar-refractivity contribution in [3.05, 3.63) is 65.2 Å². The molecule has 0 saturated carbocycles. The molecule has 0 aromatic heterocycles. The molecule has 0 N–H and O–H groups in total. The molecule has 1 aliphatic heterocycles. The van der Waals surface area contributed by atoms with E-state index in [0.717, 1.165) is 29.9 Å². The Bertz CT molecular complexity index is 661. The van der Waals surface area contributed by atoms with E-state index in [1.165, 1.54) is 19.3 Å². The van der Waals surface area contributed by atoms with Crippen LogP contribution < -0.4 is 4.74 Å². The van der Waals surface area contributed by atoms with Crippen molar-refractivity contribution in [3.63, 3.8) is 0 Å². The summed E-state index contributed by atoms with van der Waals surface area (Å²) >= 11 is 0. The van der Waals surface area contributed by atoms with Crippen LogP contribution in [0.5, 0.6) is 5.75 Å². The molecule has 120 valence electrons. The molecule has 0 radical (unpaired) electrons. The largest absolute Gasteiger partial charge is 0.494 e. The number of carbonyl (C=O) groups is 1. The van der Waals surface area contributed by atoms with Crippen LogP contribution in [0.25, 0.3) is 0 Å². The Hall–Kier alpha value is -2.29. The normalized spacial score (nSPS) is 16.0. The lowest BCUT2D eigenvalue weighted by atomic mass is 9.99. The Kier molecular flexibility index (Phi) is 4.96. The summed E-state index contributed by atoms with van der Waals surface area (Å²) in [6.45, 7) is 2.95. The lowest BCUT2D eigenvalue weighted by Crippen LogP contribution is -2.01. The van der Waals surface area contributed by atoms with Gasteiger partial charge in [0.25, 0.3) is 0 Å². The number of benzene rings is 2. The van der Waals surface area contributed by atoms with E-state index in [9.17, 15) is 4.79 Å². The summed E-state index contributed by atoms with van der Waals surface area (Å²) in [5.74, 6) is 0.615. The smallest absolute Gasteiger partial charge is 0.339 e. The molecule has 0 saturated heterocycles. The zero-order chi connectivity index (χ0) is 16.1. The van der Waals surface area contributed by atoms with Crippen molar-refractivity contribution < 1.29 is 14.3 Å². The Labute approximate surface area is 137 Å². The first kappa shape index (κ1) is 15.6. The Morgan fingerprint density at radius 3 is 2.57 bits per heavy atom. The number of unbranched alkanes of at least 4 members (excludes halogenated alkanes) is 3. The van der Waals surface area contributed by atoms with Gasteiger partial charge < -0.3 is 9.47 Å². The molecule has 0 aliphatic carbocycles. The SMILES string of the molecule is CCCCCCOc1ccc(C2OC(=O)c3ccccc32)cc1. The van der Waals surface area contributed by atoms with Crippen molar-refractivity contribution >= 4 is 5.97 Å². The van der Waals surface area contributed by atoms with Gasteiger partial charge in [0.1, 0.15) is 5.75 Å². The summed E-state index contributed by atoms with van der Waals surface area (Å²) in [6, 6.07) is 15.4. The third-order valence-electron chi connectivity index (χ3n) is 4.14. The predicted octanol–water partition coefficient (Wildman–Crippen LogP) is 4.91. The van der Waals surface area contributed by atoms with Gasteiger partial charge in [0.15, 0.2) is 6.10 Å². The molecule has 0 fully saturated rings. The predicted molar refractivity (Wildman–Crippen MR) is 89.8 cm³/mol. The van der Waals surface area contributed by atoms with Crippen molar-refractivity contribution in [2.45, 2.75) is 38.7 Å². The number of esters is 1. The van der Waals surface area contributed by atoms with Crippen LogP contribution in [-0.4, -0.2) is 12.6 Å². The van der Waals surface area contributed by atoms with Crippen LogP contribution in [0.4, 0.5) is 0 Å². The van der Waals surface area contributed by atoms with Crippen molar-refractivity contribution in [1.82, 2.24) is 0 Å². The number of hydrogen-bond acceptors (Lipinski definition) is 3. The van der Waals surface area contributed by atoms with E-state index in [0.29, 0.717) is 5.56 Å². The summed E-state index contributed by atoms with van der Waals surface area (Å²) < 4.78 is 11.3. The van der Waals surface area contributed by atoms with Crippen LogP contribution in [0.2, 0.25) is 0 Å². The zero-order valence-corrected chi connectivity index (χ0v) is 13.5. The average Bonchev–Trinajstić information content (AvgIpc) is 2.93. The van der Waals surface area contributed by atoms with Crippen LogP contribution in [-0.2, 0) is 4.74 Å². The quantitative estimate of drug-likeness (QED) is 0.538. The molecular formula is C20H22O3. The molecule has 0 amide bonds. The molecule has 3 nitrogen and oxygen atoms in total. The van der Waals surface area contributed by atoms with Crippen LogP contribution in [0.15, 0.2) is 48.5 Å². The fourth-order valence-corrected chi connectivity index (χ4v) is 2.85. The van der Waals surface area contributed by atoms with Gasteiger partial charge in [-0.3, -0.25) is 0 Å². The highest BCUT2D eigenvalue weighted by Crippen LogP contribution is 2.36. The van der Waals surface area contributed by atoms with Crippen LogP contribution in [0.3, 0.4) is 0 Å². The number of carbonyl (C=O) groups excluding carboxylic acids is 1. The summed E-state index contributed by atoms with van der Waals surface area (Å²) in [5, 5.41) is 0. The minimum Gasteiger partial charge on any atom is -0.494 e. The highest BCUT2D eigenvalue weighted by molar-refractivity contribution is 5.94. The number of ether oxygens (including phenoxy) is 2. The highest BCUT2D eigenvalue weighted by atomic mass is 16.5. The molecule has 1 atom stereocenters. The second kappa shape index (κ2) is 7.32. The summed E-state index contributed by atoms with van der Waals surface area (Å²) in [7, 11) is 0. The molecule has 1 unspecified atom stereocenters. The van der Waals surface area contributed by atoms with Crippen molar-refractivity contribution in [1.29, 1.82) is 0 Å². The molecule has 3 heteroatoms. The van der Waals surface area contributed by atoms with Crippen molar-refractivity contribution in [2.24, 2.45) is 0 Å². The maximum atomic E-state index is 11.9. The number of fused-ring (bicyclic) bond motifs is 1. The van der Waals surface area contributed by atoms with Gasteiger partial charge in [-0.2, -0.15) is 0 Å². The van der Waals surface area contributed by atoms with Gasteiger partial charge in [-0.15, -0.1) is 0 Å². The molecule has 3 rings (SSSR count). The lowest BCUT2D eigenvalue weighted by Gasteiger charge is -2.12. The second-order valence-corrected chi connectivity index (χ2v) is 5.85. The molecule has 0 bridgehead atoms. The third kappa shape index (κ3) is 3.55. The van der Waals surface area contributed by atoms with Gasteiger partial charge in [0.2, 0.25) is 0 Å². The molecule has 2 aromatic carbocycles. The summed E-state index contributed by atoms with van der Waals surface area (Å²) in [6.07, 6.45) is 4.48. The van der Waals surface area contributed by atoms with E-state index < -0.39 is 0 Å². The van der Waals surface area contributed by atoms with Crippen LogP contribution in [0.1, 0.15) is 60.2 Å². The van der Waals surface area contributed by atoms with E-state index >= 15 is 0 Å². The fraction of sp³-hybridized carbons (Fsp3) is 0.350. The van der Waals surface area contributed by atoms with Crippen LogP contribution in [0, 0.1) is 0 Å². The van der Waals surface area contributed by atoms with Gasteiger partial charge in [0, 0.05) is 5.56 Å². The van der Waals surface area contributed by atoms with Crippen molar-refractivity contribution in [3.8, 4) is 5.75 Å². The maximum Gasteiger partial charge on any atom is 0.339 e. The number of hydrogen-bond donors (Lipinski definition) is 0. The van der Waals surface area contributed by atoms with Crippen LogP contribution >= 0.6 is 0 Å². The van der Waals surface area contributed by atoms with Gasteiger partial charge in [-0.25, -0.2) is 4.79 Å². The van der Waals surface area contributed by atoms with Gasteiger partial charge >= 0.3 is 5.97 Å². The zero-order valence-electron chi connectivity index (χ0n) is 13.5. The number of cyclic esters (lactones) is 1. The average molecular weight is 310 g/mol. The highest BCUT2D eigenvalue weighted by Gasteiger charge is 2.31. The second-order valence-electron chi connectivity index (χ2n) is 5.85. The minimum absolute atomic E-state index is 0.248. The third-order valence-corrected chi connectivity index (χ3v) is 4.14. The first-order chi connectivity index (χ1) is 11.3. The maximum absolute atomic E-state index is 11.9.